The van der Waals surface area contributed by atoms with Gasteiger partial charge in [-0.15, -0.1) is 5.10 Å². The summed E-state index contributed by atoms with van der Waals surface area (Å²) in [5.41, 5.74) is 5.45. The van der Waals surface area contributed by atoms with E-state index in [9.17, 15) is 8.42 Å². The molecule has 0 saturated carbocycles. The zero-order valence-corrected chi connectivity index (χ0v) is 20.9. The molecule has 0 bridgehead atoms. The van der Waals surface area contributed by atoms with Crippen LogP contribution in [0.2, 0.25) is 0 Å². The predicted molar refractivity (Wildman–Crippen MR) is 138 cm³/mol. The summed E-state index contributed by atoms with van der Waals surface area (Å²) in [4.78, 5) is 6.69. The van der Waals surface area contributed by atoms with Crippen LogP contribution in [0.1, 0.15) is 30.9 Å². The number of nitrogens with zero attached hydrogens (tertiary/aromatic N) is 5. The number of rotatable bonds is 10. The molecule has 0 aliphatic carbocycles. The maximum absolute atomic E-state index is 12.0. The molecule has 2 aromatic heterocycles. The molecule has 9 nitrogen and oxygen atoms in total. The first-order valence-electron chi connectivity index (χ1n) is 11.5. The number of anilines is 2. The smallest absolute Gasteiger partial charge is 0.229 e. The summed E-state index contributed by atoms with van der Waals surface area (Å²) in [5, 5.41) is 14.3. The molecule has 2 aromatic carbocycles. The van der Waals surface area contributed by atoms with E-state index in [2.05, 4.69) is 66.4 Å². The van der Waals surface area contributed by atoms with Gasteiger partial charge in [-0.05, 0) is 52.1 Å². The Bertz CT molecular complexity index is 1370. The van der Waals surface area contributed by atoms with Crippen molar-refractivity contribution in [2.24, 2.45) is 0 Å². The molecule has 0 aliphatic heterocycles. The van der Waals surface area contributed by atoms with Crippen LogP contribution in [-0.2, 0) is 16.6 Å². The molecule has 182 valence electrons. The van der Waals surface area contributed by atoms with Gasteiger partial charge < -0.3 is 4.90 Å². The SMILES string of the molecule is CCCCN(Cc1ccc(-c2ccccc2-c2nnn[nH]2)cc1)c1nccc(C)c1NS(C)(=O)=O. The molecule has 0 unspecified atom stereocenters. The highest BCUT2D eigenvalue weighted by molar-refractivity contribution is 7.92. The normalized spacial score (nSPS) is 11.4. The molecular formula is C25H29N7O2S. The highest BCUT2D eigenvalue weighted by Gasteiger charge is 2.18. The topological polar surface area (TPSA) is 117 Å². The molecule has 4 rings (SSSR count). The molecular weight excluding hydrogens is 462 g/mol. The van der Waals surface area contributed by atoms with Gasteiger partial charge in [-0.2, -0.15) is 0 Å². The van der Waals surface area contributed by atoms with E-state index in [4.69, 9.17) is 0 Å². The van der Waals surface area contributed by atoms with Crippen molar-refractivity contribution in [1.29, 1.82) is 0 Å². The Kier molecular flexibility index (Phi) is 7.40. The van der Waals surface area contributed by atoms with E-state index in [0.717, 1.165) is 53.5 Å². The number of benzene rings is 2. The number of hydrogen-bond donors (Lipinski definition) is 2. The van der Waals surface area contributed by atoms with E-state index in [1.165, 1.54) is 0 Å². The quantitative estimate of drug-likeness (QED) is 0.337. The van der Waals surface area contributed by atoms with E-state index in [-0.39, 0.29) is 0 Å². The number of sulfonamides is 1. The van der Waals surface area contributed by atoms with Crippen LogP contribution in [0.25, 0.3) is 22.5 Å². The van der Waals surface area contributed by atoms with Gasteiger partial charge in [0.2, 0.25) is 10.0 Å². The molecule has 0 aliphatic rings. The second-order valence-corrected chi connectivity index (χ2v) is 10.2. The van der Waals surface area contributed by atoms with Crippen molar-refractivity contribution < 1.29 is 8.42 Å². The third-order valence-corrected chi connectivity index (χ3v) is 6.25. The molecule has 4 aromatic rings. The maximum Gasteiger partial charge on any atom is 0.229 e. The van der Waals surface area contributed by atoms with Crippen molar-refractivity contribution in [3.05, 3.63) is 71.9 Å². The predicted octanol–water partition coefficient (Wildman–Crippen LogP) is 4.42. The van der Waals surface area contributed by atoms with Crippen molar-refractivity contribution in [2.75, 3.05) is 22.4 Å². The zero-order valence-electron chi connectivity index (χ0n) is 20.1. The minimum Gasteiger partial charge on any atom is -0.351 e. The summed E-state index contributed by atoms with van der Waals surface area (Å²) in [6.07, 6.45) is 4.86. The molecule has 0 atom stereocenters. The fourth-order valence-electron chi connectivity index (χ4n) is 3.93. The minimum atomic E-state index is -3.44. The molecule has 0 spiro atoms. The first kappa shape index (κ1) is 24.3. The number of hydrogen-bond acceptors (Lipinski definition) is 7. The maximum atomic E-state index is 12.0. The van der Waals surface area contributed by atoms with Crippen LogP contribution in [0, 0.1) is 6.92 Å². The molecule has 0 amide bonds. The Morgan fingerprint density at radius 2 is 1.77 bits per heavy atom. The fourth-order valence-corrected chi connectivity index (χ4v) is 4.55. The Morgan fingerprint density at radius 3 is 2.43 bits per heavy atom. The number of aromatic nitrogens is 5. The number of aryl methyl sites for hydroxylation is 1. The first-order valence-corrected chi connectivity index (χ1v) is 13.4. The highest BCUT2D eigenvalue weighted by atomic mass is 32.2. The Hall–Kier alpha value is -3.79. The van der Waals surface area contributed by atoms with Gasteiger partial charge >= 0.3 is 0 Å². The minimum absolute atomic E-state index is 0.525. The summed E-state index contributed by atoms with van der Waals surface area (Å²) >= 11 is 0. The van der Waals surface area contributed by atoms with Crippen LogP contribution in [0.3, 0.4) is 0 Å². The van der Waals surface area contributed by atoms with Crippen LogP contribution >= 0.6 is 0 Å². The van der Waals surface area contributed by atoms with Crippen molar-refractivity contribution in [2.45, 2.75) is 33.2 Å². The van der Waals surface area contributed by atoms with Crippen LogP contribution in [0.5, 0.6) is 0 Å². The van der Waals surface area contributed by atoms with Crippen LogP contribution in [0.4, 0.5) is 11.5 Å². The van der Waals surface area contributed by atoms with Gasteiger partial charge in [-0.1, -0.05) is 61.9 Å². The highest BCUT2D eigenvalue weighted by Crippen LogP contribution is 2.32. The first-order chi connectivity index (χ1) is 16.9. The molecule has 35 heavy (non-hydrogen) atoms. The van der Waals surface area contributed by atoms with Crippen molar-refractivity contribution >= 4 is 21.5 Å². The van der Waals surface area contributed by atoms with Gasteiger partial charge in [0.25, 0.3) is 0 Å². The fraction of sp³-hybridized carbons (Fsp3) is 0.280. The average molecular weight is 492 g/mol. The lowest BCUT2D eigenvalue weighted by molar-refractivity contribution is 0.606. The van der Waals surface area contributed by atoms with E-state index < -0.39 is 10.0 Å². The molecule has 0 radical (unpaired) electrons. The zero-order chi connectivity index (χ0) is 24.8. The lowest BCUT2D eigenvalue weighted by atomic mass is 9.98. The molecule has 0 saturated heterocycles. The van der Waals surface area contributed by atoms with Gasteiger partial charge in [0.15, 0.2) is 11.6 Å². The lowest BCUT2D eigenvalue weighted by Gasteiger charge is -2.27. The van der Waals surface area contributed by atoms with E-state index in [1.807, 2.05) is 37.3 Å². The average Bonchev–Trinajstić information content (AvgIpc) is 3.38. The number of tetrazole rings is 1. The van der Waals surface area contributed by atoms with Crippen molar-refractivity contribution in [3.63, 3.8) is 0 Å². The van der Waals surface area contributed by atoms with Gasteiger partial charge in [0.1, 0.15) is 0 Å². The Morgan fingerprint density at radius 1 is 1.03 bits per heavy atom. The second kappa shape index (κ2) is 10.6. The third kappa shape index (κ3) is 6.02. The van der Waals surface area contributed by atoms with E-state index >= 15 is 0 Å². The van der Waals surface area contributed by atoms with Crippen molar-refractivity contribution in [3.8, 4) is 22.5 Å². The summed E-state index contributed by atoms with van der Waals surface area (Å²) in [6.45, 7) is 5.37. The van der Waals surface area contributed by atoms with E-state index in [1.54, 1.807) is 6.20 Å². The molecule has 2 heterocycles. The van der Waals surface area contributed by atoms with E-state index in [0.29, 0.717) is 23.9 Å². The van der Waals surface area contributed by atoms with Gasteiger partial charge in [0, 0.05) is 24.8 Å². The van der Waals surface area contributed by atoms with Gasteiger partial charge in [-0.3, -0.25) is 4.72 Å². The standard InChI is InChI=1S/C25H29N7O2S/c1-4-5-16-32(25-23(29-35(3,33)34)18(2)14-15-26-25)17-19-10-12-20(13-11-19)21-8-6-7-9-22(21)24-27-30-31-28-24/h6-15,29H,4-5,16-17H2,1-3H3,(H,27,28,30,31). The summed E-state index contributed by atoms with van der Waals surface area (Å²) in [7, 11) is -3.44. The monoisotopic (exact) mass is 491 g/mol. The third-order valence-electron chi connectivity index (χ3n) is 5.67. The Labute approximate surface area is 205 Å². The van der Waals surface area contributed by atoms with Crippen LogP contribution < -0.4 is 9.62 Å². The Balaban J connectivity index is 1.63. The number of pyridine rings is 1. The summed E-state index contributed by atoms with van der Waals surface area (Å²) in [6, 6.07) is 18.1. The molecule has 10 heteroatoms. The lowest BCUT2D eigenvalue weighted by Crippen LogP contribution is -2.27. The summed E-state index contributed by atoms with van der Waals surface area (Å²) < 4.78 is 26.7. The van der Waals surface area contributed by atoms with Crippen LogP contribution in [-0.4, -0.2) is 46.8 Å². The number of H-pyrrole nitrogens is 1. The molecule has 0 fully saturated rings. The molecule has 2 N–H and O–H groups in total. The van der Waals surface area contributed by atoms with Gasteiger partial charge in [0.05, 0.1) is 11.9 Å². The van der Waals surface area contributed by atoms with Crippen LogP contribution in [0.15, 0.2) is 60.8 Å². The summed E-state index contributed by atoms with van der Waals surface area (Å²) in [5.74, 6) is 1.25. The number of nitrogens with one attached hydrogen (secondary N) is 2. The number of aromatic amines is 1. The van der Waals surface area contributed by atoms with Crippen molar-refractivity contribution in [1.82, 2.24) is 25.6 Å². The largest absolute Gasteiger partial charge is 0.351 e. The van der Waals surface area contributed by atoms with Gasteiger partial charge in [-0.25, -0.2) is 18.5 Å². The number of unbranched alkanes of at least 4 members (excludes halogenated alkanes) is 1. The second-order valence-electron chi connectivity index (χ2n) is 8.47.